The molecule has 7 heteroatoms. The maximum atomic E-state index is 12.1. The highest BCUT2D eigenvalue weighted by atomic mass is 32.2. The average Bonchev–Trinajstić information content (AvgIpc) is 2.46. The van der Waals surface area contributed by atoms with Gasteiger partial charge in [0.25, 0.3) is 0 Å². The zero-order valence-electron chi connectivity index (χ0n) is 12.5. The number of nitrogens with one attached hydrogen (secondary N) is 1. The Labute approximate surface area is 128 Å². The van der Waals surface area contributed by atoms with E-state index in [1.165, 1.54) is 12.1 Å². The normalized spacial score (nSPS) is 14.6. The molecule has 2 atom stereocenters. The van der Waals surface area contributed by atoms with Gasteiger partial charge in [0.05, 0.1) is 4.90 Å². The fourth-order valence-electron chi connectivity index (χ4n) is 1.69. The second kappa shape index (κ2) is 7.82. The van der Waals surface area contributed by atoms with Crippen molar-refractivity contribution in [2.24, 2.45) is 0 Å². The molecule has 1 aromatic carbocycles. The van der Waals surface area contributed by atoms with Gasteiger partial charge in [-0.2, -0.15) is 0 Å². The van der Waals surface area contributed by atoms with Crippen LogP contribution in [-0.2, 0) is 20.8 Å². The summed E-state index contributed by atoms with van der Waals surface area (Å²) in [6, 6.07) is 6.00. The Morgan fingerprint density at radius 1 is 1.38 bits per heavy atom. The van der Waals surface area contributed by atoms with Gasteiger partial charge in [-0.15, -0.1) is 0 Å². The molecule has 0 bridgehead atoms. The van der Waals surface area contributed by atoms with Crippen LogP contribution in [0, 0.1) is 0 Å². The molecule has 21 heavy (non-hydrogen) atoms. The van der Waals surface area contributed by atoms with E-state index in [4.69, 9.17) is 0 Å². The van der Waals surface area contributed by atoms with Crippen molar-refractivity contribution in [2.45, 2.75) is 36.8 Å². The first-order chi connectivity index (χ1) is 9.77. The summed E-state index contributed by atoms with van der Waals surface area (Å²) in [5.74, 6) is -0.0953. The predicted octanol–water partition coefficient (Wildman–Crippen LogP) is 1.71. The summed E-state index contributed by atoms with van der Waals surface area (Å²) in [5.41, 5.74) is 0.392. The molecule has 1 aromatic rings. The van der Waals surface area contributed by atoms with Gasteiger partial charge in [0.1, 0.15) is 0 Å². The van der Waals surface area contributed by atoms with E-state index in [0.717, 1.165) is 0 Å². The van der Waals surface area contributed by atoms with Crippen LogP contribution in [0.4, 0.5) is 0 Å². The highest BCUT2D eigenvalue weighted by Crippen LogP contribution is 2.13. The zero-order valence-corrected chi connectivity index (χ0v) is 14.1. The lowest BCUT2D eigenvalue weighted by Gasteiger charge is -2.10. The molecule has 118 valence electrons. The van der Waals surface area contributed by atoms with E-state index >= 15 is 0 Å². The van der Waals surface area contributed by atoms with Crippen LogP contribution in [0.1, 0.15) is 37.0 Å². The Kier molecular flexibility index (Phi) is 6.70. The number of hydrogen-bond donors (Lipinski definition) is 1. The second-order valence-electron chi connectivity index (χ2n) is 4.80. The van der Waals surface area contributed by atoms with Gasteiger partial charge >= 0.3 is 0 Å². The number of carbonyl (C=O) groups excluding carboxylic acids is 1. The van der Waals surface area contributed by atoms with Crippen molar-refractivity contribution in [3.05, 3.63) is 29.8 Å². The third-order valence-electron chi connectivity index (χ3n) is 3.20. The summed E-state index contributed by atoms with van der Waals surface area (Å²) in [4.78, 5) is 11.7. The van der Waals surface area contributed by atoms with E-state index in [-0.39, 0.29) is 22.5 Å². The first kappa shape index (κ1) is 18.0. The summed E-state index contributed by atoms with van der Waals surface area (Å²) >= 11 is 0. The Morgan fingerprint density at radius 3 is 2.62 bits per heavy atom. The van der Waals surface area contributed by atoms with E-state index in [0.29, 0.717) is 18.4 Å². The standard InChI is InChI=1S/C14H21NO4S2/c1-4-14(16)12-6-5-7-13(10-12)21(18,19)15-9-8-11(2)20(3)17/h5-7,10-11,15H,4,8-9H2,1-3H3. The Balaban J connectivity index is 2.79. The van der Waals surface area contributed by atoms with E-state index in [2.05, 4.69) is 4.72 Å². The zero-order chi connectivity index (χ0) is 16.0. The molecule has 0 aromatic heterocycles. The summed E-state index contributed by atoms with van der Waals surface area (Å²) in [6.45, 7) is 3.76. The van der Waals surface area contributed by atoms with Crippen LogP contribution in [0.5, 0.6) is 0 Å². The van der Waals surface area contributed by atoms with Crippen LogP contribution in [0.2, 0.25) is 0 Å². The maximum Gasteiger partial charge on any atom is 0.240 e. The van der Waals surface area contributed by atoms with Crippen LogP contribution in [-0.4, -0.2) is 36.5 Å². The number of sulfonamides is 1. The number of ketones is 1. The van der Waals surface area contributed by atoms with Gasteiger partial charge in [0, 0.05) is 40.8 Å². The molecular weight excluding hydrogens is 310 g/mol. The SMILES string of the molecule is CCC(=O)c1cccc(S(=O)(=O)NCCC(C)S(C)=O)c1. The highest BCUT2D eigenvalue weighted by Gasteiger charge is 2.16. The van der Waals surface area contributed by atoms with Crippen molar-refractivity contribution in [2.75, 3.05) is 12.8 Å². The molecule has 0 aliphatic heterocycles. The quantitative estimate of drug-likeness (QED) is 0.736. The minimum Gasteiger partial charge on any atom is -0.294 e. The van der Waals surface area contributed by atoms with Gasteiger partial charge in [-0.25, -0.2) is 13.1 Å². The lowest BCUT2D eigenvalue weighted by atomic mass is 10.1. The summed E-state index contributed by atoms with van der Waals surface area (Å²) in [5, 5.41) is -0.0688. The lowest BCUT2D eigenvalue weighted by Crippen LogP contribution is -2.27. The molecule has 2 unspecified atom stereocenters. The molecule has 0 aliphatic rings. The van der Waals surface area contributed by atoms with Crippen molar-refractivity contribution < 1.29 is 17.4 Å². The first-order valence-corrected chi connectivity index (χ1v) is 9.83. The Hall–Kier alpha value is -1.05. The monoisotopic (exact) mass is 331 g/mol. The number of benzene rings is 1. The highest BCUT2D eigenvalue weighted by molar-refractivity contribution is 7.89. The van der Waals surface area contributed by atoms with Crippen LogP contribution >= 0.6 is 0 Å². The predicted molar refractivity (Wildman–Crippen MR) is 84.4 cm³/mol. The van der Waals surface area contributed by atoms with Crippen LogP contribution in [0.25, 0.3) is 0 Å². The molecule has 0 amide bonds. The van der Waals surface area contributed by atoms with Crippen LogP contribution in [0.3, 0.4) is 0 Å². The van der Waals surface area contributed by atoms with Crippen molar-refractivity contribution in [1.29, 1.82) is 0 Å². The molecule has 5 nitrogen and oxygen atoms in total. The van der Waals surface area contributed by atoms with E-state index in [1.807, 2.05) is 6.92 Å². The van der Waals surface area contributed by atoms with E-state index in [1.54, 1.807) is 25.3 Å². The Morgan fingerprint density at radius 2 is 2.05 bits per heavy atom. The molecular formula is C14H21NO4S2. The van der Waals surface area contributed by atoms with Gasteiger partial charge in [-0.3, -0.25) is 9.00 Å². The van der Waals surface area contributed by atoms with E-state index in [9.17, 15) is 17.4 Å². The van der Waals surface area contributed by atoms with Gasteiger partial charge in [-0.1, -0.05) is 26.0 Å². The topological polar surface area (TPSA) is 80.3 Å². The van der Waals surface area contributed by atoms with Crippen molar-refractivity contribution in [3.63, 3.8) is 0 Å². The molecule has 1 N–H and O–H groups in total. The number of carbonyl (C=O) groups is 1. The first-order valence-electron chi connectivity index (χ1n) is 6.73. The molecule has 1 rings (SSSR count). The largest absolute Gasteiger partial charge is 0.294 e. The third-order valence-corrected chi connectivity index (χ3v) is 6.02. The van der Waals surface area contributed by atoms with Crippen molar-refractivity contribution in [1.82, 2.24) is 4.72 Å². The number of Topliss-reactive ketones (excluding diaryl/α,β-unsaturated/α-hetero) is 1. The molecule has 0 spiro atoms. The van der Waals surface area contributed by atoms with Gasteiger partial charge in [-0.05, 0) is 18.6 Å². The van der Waals surface area contributed by atoms with Crippen LogP contribution in [0.15, 0.2) is 29.2 Å². The van der Waals surface area contributed by atoms with Gasteiger partial charge in [0.15, 0.2) is 5.78 Å². The minimum atomic E-state index is -3.65. The van der Waals surface area contributed by atoms with Gasteiger partial charge in [0.2, 0.25) is 10.0 Å². The summed E-state index contributed by atoms with van der Waals surface area (Å²) < 4.78 is 38.0. The average molecular weight is 331 g/mol. The molecule has 0 heterocycles. The fourth-order valence-corrected chi connectivity index (χ4v) is 3.23. The minimum absolute atomic E-state index is 0.0688. The Bertz CT molecular complexity index is 626. The second-order valence-corrected chi connectivity index (χ2v) is 8.37. The van der Waals surface area contributed by atoms with Crippen LogP contribution < -0.4 is 4.72 Å². The molecule has 0 aliphatic carbocycles. The van der Waals surface area contributed by atoms with E-state index < -0.39 is 20.8 Å². The molecule has 0 fully saturated rings. The molecule has 0 saturated carbocycles. The van der Waals surface area contributed by atoms with Crippen molar-refractivity contribution >= 4 is 26.6 Å². The third kappa shape index (κ3) is 5.33. The lowest BCUT2D eigenvalue weighted by molar-refractivity contribution is 0.0988. The molecule has 0 saturated heterocycles. The maximum absolute atomic E-state index is 12.1. The number of rotatable bonds is 8. The summed E-state index contributed by atoms with van der Waals surface area (Å²) in [6.07, 6.45) is 2.42. The number of hydrogen-bond acceptors (Lipinski definition) is 4. The van der Waals surface area contributed by atoms with Gasteiger partial charge < -0.3 is 0 Å². The smallest absolute Gasteiger partial charge is 0.240 e. The molecule has 0 radical (unpaired) electrons. The fraction of sp³-hybridized carbons (Fsp3) is 0.500. The van der Waals surface area contributed by atoms with Crippen molar-refractivity contribution in [3.8, 4) is 0 Å². The summed E-state index contributed by atoms with van der Waals surface area (Å²) in [7, 11) is -4.62.